The summed E-state index contributed by atoms with van der Waals surface area (Å²) >= 11 is 1.85. The smallest absolute Gasteiger partial charge is 0.209 e. The maximum Gasteiger partial charge on any atom is 0.209 e. The average Bonchev–Trinajstić information content (AvgIpc) is 3.20. The first kappa shape index (κ1) is 15.8. The number of nitrogens with zero attached hydrogens (tertiary/aromatic N) is 4. The molecule has 20 heavy (non-hydrogen) atoms. The van der Waals surface area contributed by atoms with Crippen LogP contribution in [0.5, 0.6) is 0 Å². The first-order chi connectivity index (χ1) is 9.80. The van der Waals surface area contributed by atoms with Gasteiger partial charge >= 0.3 is 0 Å². The summed E-state index contributed by atoms with van der Waals surface area (Å²) in [6.45, 7) is 7.83. The van der Waals surface area contributed by atoms with Crippen molar-refractivity contribution in [1.82, 2.24) is 25.5 Å². The van der Waals surface area contributed by atoms with Gasteiger partial charge in [-0.3, -0.25) is 0 Å². The Morgan fingerprint density at radius 2 is 2.10 bits per heavy atom. The lowest BCUT2D eigenvalue weighted by molar-refractivity contribution is 0.453. The van der Waals surface area contributed by atoms with Crippen molar-refractivity contribution in [3.63, 3.8) is 0 Å². The highest BCUT2D eigenvalue weighted by molar-refractivity contribution is 7.99. The summed E-state index contributed by atoms with van der Waals surface area (Å²) in [6, 6.07) is 1.11. The molecule has 1 aromatic rings. The van der Waals surface area contributed by atoms with Gasteiger partial charge in [-0.2, -0.15) is 0 Å². The Bertz CT molecular complexity index is 391. The van der Waals surface area contributed by atoms with Crippen LogP contribution < -0.4 is 5.32 Å². The fourth-order valence-corrected chi connectivity index (χ4v) is 3.67. The van der Waals surface area contributed by atoms with Gasteiger partial charge in [0.2, 0.25) is 5.16 Å². The fourth-order valence-electron chi connectivity index (χ4n) is 2.46. The van der Waals surface area contributed by atoms with Crippen molar-refractivity contribution in [3.8, 4) is 0 Å². The van der Waals surface area contributed by atoms with Crippen LogP contribution in [0.2, 0.25) is 0 Å². The first-order valence-electron chi connectivity index (χ1n) is 7.98. The minimum atomic E-state index is 0.546. The molecule has 5 nitrogen and oxygen atoms in total. The molecule has 1 aliphatic rings. The van der Waals surface area contributed by atoms with Crippen molar-refractivity contribution >= 4 is 11.8 Å². The Hall–Kier alpha value is -0.620. The van der Waals surface area contributed by atoms with E-state index in [0.29, 0.717) is 17.3 Å². The summed E-state index contributed by atoms with van der Waals surface area (Å²) in [6.07, 6.45) is 7.21. The van der Waals surface area contributed by atoms with E-state index in [4.69, 9.17) is 0 Å². The zero-order chi connectivity index (χ0) is 14.4. The van der Waals surface area contributed by atoms with E-state index in [-0.39, 0.29) is 0 Å². The molecular weight excluding hydrogens is 270 g/mol. The predicted octanol–water partition coefficient (Wildman–Crippen LogP) is 3.05. The summed E-state index contributed by atoms with van der Waals surface area (Å²) in [5.41, 5.74) is 0. The van der Waals surface area contributed by atoms with E-state index in [9.17, 15) is 0 Å². The summed E-state index contributed by atoms with van der Waals surface area (Å²) < 4.78 is 2.02. The van der Waals surface area contributed by atoms with E-state index in [2.05, 4.69) is 41.6 Å². The first-order valence-corrected chi connectivity index (χ1v) is 8.85. The maximum absolute atomic E-state index is 4.23. The van der Waals surface area contributed by atoms with Crippen LogP contribution >= 0.6 is 11.8 Å². The van der Waals surface area contributed by atoms with Crippen LogP contribution in [0.25, 0.3) is 0 Å². The van der Waals surface area contributed by atoms with Crippen LogP contribution in [-0.2, 0) is 0 Å². The molecule has 0 bridgehead atoms. The molecule has 0 aromatic carbocycles. The normalized spacial score (nSPS) is 18.1. The van der Waals surface area contributed by atoms with E-state index in [1.165, 1.54) is 32.1 Å². The van der Waals surface area contributed by atoms with E-state index in [1.54, 1.807) is 0 Å². The third kappa shape index (κ3) is 4.19. The molecule has 1 fully saturated rings. The molecule has 2 rings (SSSR count). The molecule has 1 saturated carbocycles. The van der Waals surface area contributed by atoms with E-state index < -0.39 is 0 Å². The van der Waals surface area contributed by atoms with Crippen LogP contribution in [0, 0.1) is 0 Å². The van der Waals surface area contributed by atoms with Crippen LogP contribution in [0.4, 0.5) is 0 Å². The van der Waals surface area contributed by atoms with Crippen LogP contribution in [0.15, 0.2) is 5.16 Å². The zero-order valence-electron chi connectivity index (χ0n) is 12.9. The molecule has 1 aromatic heterocycles. The van der Waals surface area contributed by atoms with Gasteiger partial charge in [0.15, 0.2) is 0 Å². The second kappa shape index (κ2) is 7.98. The number of nitrogens with one attached hydrogen (secondary N) is 1. The molecule has 0 spiro atoms. The molecule has 0 radical (unpaired) electrons. The fraction of sp³-hybridized carbons (Fsp3) is 0.929. The van der Waals surface area contributed by atoms with Gasteiger partial charge in [-0.05, 0) is 49.1 Å². The van der Waals surface area contributed by atoms with Gasteiger partial charge in [-0.25, -0.2) is 4.68 Å². The number of rotatable bonds is 10. The molecule has 0 aliphatic heterocycles. The largest absolute Gasteiger partial charge is 0.313 e. The summed E-state index contributed by atoms with van der Waals surface area (Å²) in [5, 5.41) is 17.5. The SMILES string of the molecule is CCCNC(CCC)C(CC)Sc1nnnn1C1CC1. The molecule has 1 heterocycles. The lowest BCUT2D eigenvalue weighted by Gasteiger charge is -2.26. The summed E-state index contributed by atoms with van der Waals surface area (Å²) in [5.74, 6) is 0. The molecule has 0 saturated heterocycles. The Kier molecular flexibility index (Phi) is 6.29. The minimum Gasteiger partial charge on any atom is -0.313 e. The Balaban J connectivity index is 1.99. The van der Waals surface area contributed by atoms with Crippen LogP contribution in [0.1, 0.15) is 65.3 Å². The van der Waals surface area contributed by atoms with Crippen molar-refractivity contribution in [3.05, 3.63) is 0 Å². The molecule has 0 amide bonds. The third-order valence-corrected chi connectivity index (χ3v) is 5.16. The third-order valence-electron chi connectivity index (χ3n) is 3.72. The highest BCUT2D eigenvalue weighted by atomic mass is 32.2. The highest BCUT2D eigenvalue weighted by Crippen LogP contribution is 2.38. The van der Waals surface area contributed by atoms with Gasteiger partial charge in [0.05, 0.1) is 6.04 Å². The molecule has 1 aliphatic carbocycles. The Morgan fingerprint density at radius 1 is 1.30 bits per heavy atom. The Morgan fingerprint density at radius 3 is 2.70 bits per heavy atom. The number of thioether (sulfide) groups is 1. The van der Waals surface area contributed by atoms with Crippen molar-refractivity contribution in [2.24, 2.45) is 0 Å². The molecule has 1 N–H and O–H groups in total. The molecular formula is C14H27N5S. The lowest BCUT2D eigenvalue weighted by Crippen LogP contribution is -2.38. The second-order valence-electron chi connectivity index (χ2n) is 5.55. The topological polar surface area (TPSA) is 55.6 Å². The van der Waals surface area contributed by atoms with E-state index in [1.807, 2.05) is 16.4 Å². The number of tetrazole rings is 1. The average molecular weight is 297 g/mol. The van der Waals surface area contributed by atoms with Crippen LogP contribution in [-0.4, -0.2) is 38.0 Å². The second-order valence-corrected chi connectivity index (χ2v) is 6.76. The number of aromatic nitrogens is 4. The van der Waals surface area contributed by atoms with Gasteiger partial charge in [-0.15, -0.1) is 5.10 Å². The zero-order valence-corrected chi connectivity index (χ0v) is 13.7. The van der Waals surface area contributed by atoms with E-state index in [0.717, 1.165) is 18.1 Å². The molecule has 2 unspecified atom stereocenters. The van der Waals surface area contributed by atoms with Crippen molar-refractivity contribution in [1.29, 1.82) is 0 Å². The summed E-state index contributed by atoms with van der Waals surface area (Å²) in [7, 11) is 0. The van der Waals surface area contributed by atoms with Crippen molar-refractivity contribution in [2.45, 2.75) is 81.8 Å². The molecule has 2 atom stereocenters. The van der Waals surface area contributed by atoms with Gasteiger partial charge in [-0.1, -0.05) is 39.0 Å². The quantitative estimate of drug-likeness (QED) is 0.673. The van der Waals surface area contributed by atoms with Gasteiger partial charge in [0.1, 0.15) is 0 Å². The van der Waals surface area contributed by atoms with Gasteiger partial charge in [0, 0.05) is 11.3 Å². The molecule has 114 valence electrons. The van der Waals surface area contributed by atoms with Gasteiger partial charge < -0.3 is 5.32 Å². The number of hydrogen-bond acceptors (Lipinski definition) is 5. The molecule has 6 heteroatoms. The number of hydrogen-bond donors (Lipinski definition) is 1. The van der Waals surface area contributed by atoms with Crippen LogP contribution in [0.3, 0.4) is 0 Å². The Labute approximate surface area is 126 Å². The standard InChI is InChI=1S/C14H27N5S/c1-4-7-12(15-10-5-2)13(6-3)20-14-16-17-18-19(14)11-8-9-11/h11-13,15H,4-10H2,1-3H3. The minimum absolute atomic E-state index is 0.546. The maximum atomic E-state index is 4.23. The van der Waals surface area contributed by atoms with Crippen molar-refractivity contribution in [2.75, 3.05) is 6.54 Å². The van der Waals surface area contributed by atoms with E-state index >= 15 is 0 Å². The highest BCUT2D eigenvalue weighted by Gasteiger charge is 2.30. The van der Waals surface area contributed by atoms with Crippen molar-refractivity contribution < 1.29 is 0 Å². The predicted molar refractivity (Wildman–Crippen MR) is 83.0 cm³/mol. The summed E-state index contributed by atoms with van der Waals surface area (Å²) in [4.78, 5) is 0. The lowest BCUT2D eigenvalue weighted by atomic mass is 10.1. The van der Waals surface area contributed by atoms with Gasteiger partial charge in [0.25, 0.3) is 0 Å². The monoisotopic (exact) mass is 297 g/mol.